The van der Waals surface area contributed by atoms with Gasteiger partial charge in [-0.2, -0.15) is 0 Å². The van der Waals surface area contributed by atoms with Crippen molar-refractivity contribution < 1.29 is 19.1 Å². The molecule has 7 heteroatoms. The maximum Gasteiger partial charge on any atom is 0.257 e. The Morgan fingerprint density at radius 3 is 2.52 bits per heavy atom. The molecule has 1 aromatic heterocycles. The van der Waals surface area contributed by atoms with Gasteiger partial charge in [0.25, 0.3) is 5.91 Å². The first-order valence-corrected chi connectivity index (χ1v) is 8.85. The third-order valence-corrected chi connectivity index (χ3v) is 4.71. The summed E-state index contributed by atoms with van der Waals surface area (Å²) in [5.41, 5.74) is 0.466. The first kappa shape index (κ1) is 18.7. The van der Waals surface area contributed by atoms with E-state index in [2.05, 4.69) is 10.3 Å². The van der Waals surface area contributed by atoms with Gasteiger partial charge in [0, 0.05) is 25.2 Å². The molecule has 0 atom stereocenters. The summed E-state index contributed by atoms with van der Waals surface area (Å²) in [6.07, 6.45) is 2.85. The van der Waals surface area contributed by atoms with Crippen molar-refractivity contribution in [2.75, 3.05) is 32.6 Å². The molecule has 0 spiro atoms. The van der Waals surface area contributed by atoms with Gasteiger partial charge in [-0.25, -0.2) is 4.98 Å². The van der Waals surface area contributed by atoms with E-state index in [1.54, 1.807) is 48.5 Å². The molecule has 2 amide bonds. The fourth-order valence-electron chi connectivity index (χ4n) is 3.16. The number of piperidine rings is 1. The molecule has 2 aromatic rings. The topological polar surface area (TPSA) is 80.8 Å². The quantitative estimate of drug-likeness (QED) is 0.876. The Morgan fingerprint density at radius 1 is 1.11 bits per heavy atom. The Kier molecular flexibility index (Phi) is 5.90. The van der Waals surface area contributed by atoms with E-state index in [-0.39, 0.29) is 17.7 Å². The minimum atomic E-state index is -0.136. The summed E-state index contributed by atoms with van der Waals surface area (Å²) in [5.74, 6) is 1.35. The van der Waals surface area contributed by atoms with Gasteiger partial charge in [0.05, 0.1) is 19.8 Å². The van der Waals surface area contributed by atoms with E-state index >= 15 is 0 Å². The molecule has 1 aliphatic rings. The van der Waals surface area contributed by atoms with Gasteiger partial charge in [-0.1, -0.05) is 6.07 Å². The molecule has 142 valence electrons. The van der Waals surface area contributed by atoms with Crippen molar-refractivity contribution in [1.29, 1.82) is 0 Å². The first-order chi connectivity index (χ1) is 13.1. The summed E-state index contributed by atoms with van der Waals surface area (Å²) in [6, 6.07) is 10.5. The lowest BCUT2D eigenvalue weighted by Crippen LogP contribution is -2.41. The third kappa shape index (κ3) is 4.36. The molecule has 27 heavy (non-hydrogen) atoms. The normalized spacial score (nSPS) is 14.5. The molecule has 2 heterocycles. The second-order valence-corrected chi connectivity index (χ2v) is 6.34. The number of carbonyl (C=O) groups excluding carboxylic acids is 2. The highest BCUT2D eigenvalue weighted by atomic mass is 16.5. The first-order valence-electron chi connectivity index (χ1n) is 8.85. The number of likely N-dealkylation sites (tertiary alicyclic amines) is 1. The average molecular weight is 369 g/mol. The highest BCUT2D eigenvalue weighted by Gasteiger charge is 2.29. The lowest BCUT2D eigenvalue weighted by Gasteiger charge is -2.31. The summed E-state index contributed by atoms with van der Waals surface area (Å²) in [5, 5.41) is 2.83. The van der Waals surface area contributed by atoms with E-state index in [9.17, 15) is 9.59 Å². The van der Waals surface area contributed by atoms with E-state index in [0.29, 0.717) is 48.8 Å². The number of aromatic nitrogens is 1. The lowest BCUT2D eigenvalue weighted by atomic mass is 9.95. The number of nitrogens with one attached hydrogen (secondary N) is 1. The lowest BCUT2D eigenvalue weighted by molar-refractivity contribution is -0.121. The van der Waals surface area contributed by atoms with Gasteiger partial charge in [-0.05, 0) is 43.2 Å². The predicted molar refractivity (Wildman–Crippen MR) is 101 cm³/mol. The molecule has 0 bridgehead atoms. The maximum absolute atomic E-state index is 12.9. The van der Waals surface area contributed by atoms with E-state index in [0.717, 1.165) is 0 Å². The molecule has 0 radical (unpaired) electrons. The zero-order valence-corrected chi connectivity index (χ0v) is 15.5. The van der Waals surface area contributed by atoms with Crippen LogP contribution in [0.3, 0.4) is 0 Å². The molecule has 0 aliphatic carbocycles. The van der Waals surface area contributed by atoms with Crippen molar-refractivity contribution >= 4 is 17.6 Å². The van der Waals surface area contributed by atoms with E-state index in [1.807, 2.05) is 6.07 Å². The van der Waals surface area contributed by atoms with Gasteiger partial charge < -0.3 is 19.7 Å². The van der Waals surface area contributed by atoms with Gasteiger partial charge in [-0.15, -0.1) is 0 Å². The van der Waals surface area contributed by atoms with Crippen LogP contribution in [-0.4, -0.2) is 49.0 Å². The fraction of sp³-hybridized carbons (Fsp3) is 0.350. The fourth-order valence-corrected chi connectivity index (χ4v) is 3.16. The van der Waals surface area contributed by atoms with Crippen LogP contribution in [0, 0.1) is 5.92 Å². The van der Waals surface area contributed by atoms with E-state index < -0.39 is 0 Å². The number of ether oxygens (including phenoxy) is 2. The van der Waals surface area contributed by atoms with Crippen LogP contribution >= 0.6 is 0 Å². The largest absolute Gasteiger partial charge is 0.497 e. The van der Waals surface area contributed by atoms with Crippen LogP contribution in [0.2, 0.25) is 0 Å². The summed E-state index contributed by atoms with van der Waals surface area (Å²) in [6.45, 7) is 1.03. The van der Waals surface area contributed by atoms with E-state index in [1.165, 1.54) is 7.11 Å². The van der Waals surface area contributed by atoms with Crippen molar-refractivity contribution in [2.45, 2.75) is 12.8 Å². The van der Waals surface area contributed by atoms with Crippen LogP contribution in [0.25, 0.3) is 0 Å². The second-order valence-electron chi connectivity index (χ2n) is 6.34. The van der Waals surface area contributed by atoms with E-state index in [4.69, 9.17) is 9.47 Å². The number of amides is 2. The van der Waals surface area contributed by atoms with Gasteiger partial charge >= 0.3 is 0 Å². The van der Waals surface area contributed by atoms with Crippen LogP contribution in [0.1, 0.15) is 23.2 Å². The van der Waals surface area contributed by atoms with Crippen LogP contribution in [0.15, 0.2) is 42.6 Å². The number of carbonyl (C=O) groups is 2. The molecule has 1 N–H and O–H groups in total. The molecular weight excluding hydrogens is 346 g/mol. The molecule has 3 rings (SSSR count). The Morgan fingerprint density at radius 2 is 1.89 bits per heavy atom. The molecule has 0 unspecified atom stereocenters. The Labute approximate surface area is 158 Å². The zero-order valence-electron chi connectivity index (χ0n) is 15.5. The maximum atomic E-state index is 12.9. The predicted octanol–water partition coefficient (Wildman–Crippen LogP) is 2.59. The van der Waals surface area contributed by atoms with Crippen LogP contribution in [0.5, 0.6) is 11.5 Å². The third-order valence-electron chi connectivity index (χ3n) is 4.71. The van der Waals surface area contributed by atoms with Crippen molar-refractivity contribution in [2.24, 2.45) is 5.92 Å². The highest BCUT2D eigenvalue weighted by molar-refractivity contribution is 5.98. The SMILES string of the molecule is COc1ccc(OC)c(C(=O)N2CCC(C(=O)Nc3ccccn3)CC2)c1. The van der Waals surface area contributed by atoms with Crippen molar-refractivity contribution in [3.8, 4) is 11.5 Å². The molecule has 0 saturated carbocycles. The Balaban J connectivity index is 1.62. The van der Waals surface area contributed by atoms with Gasteiger partial charge in [0.2, 0.25) is 5.91 Å². The number of rotatable bonds is 5. The number of hydrogen-bond acceptors (Lipinski definition) is 5. The van der Waals surface area contributed by atoms with Gasteiger partial charge in [-0.3, -0.25) is 9.59 Å². The molecule has 7 nitrogen and oxygen atoms in total. The molecular formula is C20H23N3O4. The number of pyridine rings is 1. The molecule has 1 aliphatic heterocycles. The van der Waals surface area contributed by atoms with Crippen LogP contribution in [0.4, 0.5) is 5.82 Å². The number of benzene rings is 1. The van der Waals surface area contributed by atoms with Crippen molar-refractivity contribution in [1.82, 2.24) is 9.88 Å². The summed E-state index contributed by atoms with van der Waals surface area (Å²) in [4.78, 5) is 31.2. The molecule has 1 fully saturated rings. The highest BCUT2D eigenvalue weighted by Crippen LogP contribution is 2.27. The Hall–Kier alpha value is -3.09. The smallest absolute Gasteiger partial charge is 0.257 e. The Bertz CT molecular complexity index is 802. The minimum absolute atomic E-state index is 0.0558. The van der Waals surface area contributed by atoms with Crippen molar-refractivity contribution in [3.63, 3.8) is 0 Å². The number of methoxy groups -OCH3 is 2. The summed E-state index contributed by atoms with van der Waals surface area (Å²) >= 11 is 0. The number of anilines is 1. The standard InChI is InChI=1S/C20H23N3O4/c1-26-15-6-7-17(27-2)16(13-15)20(25)23-11-8-14(9-12-23)19(24)22-18-5-3-4-10-21-18/h3-7,10,13-14H,8-9,11-12H2,1-2H3,(H,21,22,24). The molecule has 1 aromatic carbocycles. The van der Waals surface area contributed by atoms with Gasteiger partial charge in [0.15, 0.2) is 0 Å². The monoisotopic (exact) mass is 369 g/mol. The van der Waals surface area contributed by atoms with Gasteiger partial charge in [0.1, 0.15) is 17.3 Å². The summed E-state index contributed by atoms with van der Waals surface area (Å²) in [7, 11) is 3.09. The zero-order chi connectivity index (χ0) is 19.2. The van der Waals surface area contributed by atoms with Crippen molar-refractivity contribution in [3.05, 3.63) is 48.2 Å². The van der Waals surface area contributed by atoms with Crippen LogP contribution < -0.4 is 14.8 Å². The second kappa shape index (κ2) is 8.53. The average Bonchev–Trinajstić information content (AvgIpc) is 2.73. The summed E-state index contributed by atoms with van der Waals surface area (Å²) < 4.78 is 10.5. The molecule has 1 saturated heterocycles. The minimum Gasteiger partial charge on any atom is -0.497 e. The number of nitrogens with zero attached hydrogens (tertiary/aromatic N) is 2. The van der Waals surface area contributed by atoms with Crippen LogP contribution in [-0.2, 0) is 4.79 Å². The number of hydrogen-bond donors (Lipinski definition) is 1.